The lowest BCUT2D eigenvalue weighted by Gasteiger charge is -2.12. The number of esters is 1. The van der Waals surface area contributed by atoms with Gasteiger partial charge in [0.15, 0.2) is 0 Å². The van der Waals surface area contributed by atoms with Crippen molar-refractivity contribution in [1.82, 2.24) is 0 Å². The summed E-state index contributed by atoms with van der Waals surface area (Å²) in [5, 5.41) is 0. The summed E-state index contributed by atoms with van der Waals surface area (Å²) in [5.41, 5.74) is -0.908. The van der Waals surface area contributed by atoms with E-state index < -0.39 is 23.5 Å². The van der Waals surface area contributed by atoms with Crippen LogP contribution in [0, 0.1) is 23.1 Å². The number of hydrogen-bond acceptors (Lipinski definition) is 2. The van der Waals surface area contributed by atoms with Crippen molar-refractivity contribution in [3.8, 4) is 11.1 Å². The van der Waals surface area contributed by atoms with Crippen LogP contribution in [0.2, 0.25) is 0 Å². The highest BCUT2D eigenvalue weighted by molar-refractivity contribution is 9.28. The standard InChI is InChI=1S/C22H18Br2F4O2/c1-21(2)16(10-17(23)24)18(21)20(29)30-11-13-6-4-8-15(19(13)25)12-5-3-7-14(9-12)22(26,27)28/h3-10,16,18H,11H2,1-2H3/t16-,18-/m0/s1. The third-order valence-electron chi connectivity index (χ3n) is 5.42. The normalized spacial score (nSPS) is 19.9. The molecule has 1 saturated carbocycles. The molecule has 0 amide bonds. The van der Waals surface area contributed by atoms with E-state index in [0.29, 0.717) is 0 Å². The Morgan fingerprint density at radius 3 is 2.47 bits per heavy atom. The fraction of sp³-hybridized carbons (Fsp3) is 0.318. The number of allylic oxidation sites excluding steroid dienone is 1. The quantitative estimate of drug-likeness (QED) is 0.286. The number of ether oxygens (including phenoxy) is 1. The smallest absolute Gasteiger partial charge is 0.416 e. The Labute approximate surface area is 188 Å². The van der Waals surface area contributed by atoms with E-state index in [0.717, 1.165) is 15.5 Å². The molecule has 0 bridgehead atoms. The lowest BCUT2D eigenvalue weighted by Crippen LogP contribution is -2.11. The molecule has 2 atom stereocenters. The van der Waals surface area contributed by atoms with Crippen molar-refractivity contribution in [3.63, 3.8) is 0 Å². The van der Waals surface area contributed by atoms with Gasteiger partial charge in [-0.1, -0.05) is 50.3 Å². The van der Waals surface area contributed by atoms with Crippen LogP contribution in [-0.4, -0.2) is 5.97 Å². The molecule has 0 radical (unpaired) electrons. The molecule has 0 heterocycles. The Kier molecular flexibility index (Phi) is 6.49. The summed E-state index contributed by atoms with van der Waals surface area (Å²) >= 11 is 6.56. The van der Waals surface area contributed by atoms with Crippen LogP contribution < -0.4 is 0 Å². The molecule has 0 N–H and O–H groups in total. The fourth-order valence-electron chi connectivity index (χ4n) is 3.59. The Bertz CT molecular complexity index is 995. The maximum Gasteiger partial charge on any atom is 0.416 e. The number of hydrogen-bond donors (Lipinski definition) is 0. The number of rotatable bonds is 5. The van der Waals surface area contributed by atoms with E-state index >= 15 is 0 Å². The lowest BCUT2D eigenvalue weighted by molar-refractivity contribution is -0.147. The molecule has 2 nitrogen and oxygen atoms in total. The van der Waals surface area contributed by atoms with Gasteiger partial charge in [-0.15, -0.1) is 0 Å². The minimum atomic E-state index is -4.52. The van der Waals surface area contributed by atoms with Crippen LogP contribution in [0.3, 0.4) is 0 Å². The molecule has 0 saturated heterocycles. The summed E-state index contributed by atoms with van der Waals surface area (Å²) in [6.07, 6.45) is -2.65. The number of benzene rings is 2. The molecule has 1 aliphatic carbocycles. The molecule has 30 heavy (non-hydrogen) atoms. The van der Waals surface area contributed by atoms with Gasteiger partial charge >= 0.3 is 12.1 Å². The van der Waals surface area contributed by atoms with Crippen molar-refractivity contribution in [3.05, 3.63) is 68.9 Å². The van der Waals surface area contributed by atoms with E-state index in [2.05, 4.69) is 31.9 Å². The van der Waals surface area contributed by atoms with Crippen molar-refractivity contribution >= 4 is 37.8 Å². The second kappa shape index (κ2) is 8.46. The molecule has 160 valence electrons. The molecule has 3 rings (SSSR count). The third kappa shape index (κ3) is 4.80. The minimum absolute atomic E-state index is 0.0139. The highest BCUT2D eigenvalue weighted by Gasteiger charge is 2.61. The zero-order valence-corrected chi connectivity index (χ0v) is 19.2. The highest BCUT2D eigenvalue weighted by atomic mass is 79.9. The van der Waals surface area contributed by atoms with Crippen LogP contribution in [0.4, 0.5) is 17.6 Å². The molecule has 0 aromatic heterocycles. The maximum absolute atomic E-state index is 15.0. The first-order valence-electron chi connectivity index (χ1n) is 9.07. The van der Waals surface area contributed by atoms with Crippen LogP contribution in [0.5, 0.6) is 0 Å². The molecule has 2 aromatic carbocycles. The van der Waals surface area contributed by atoms with Gasteiger partial charge in [-0.25, -0.2) is 4.39 Å². The SMILES string of the molecule is CC1(C)[C@H](C(=O)OCc2cccc(-c3cccc(C(F)(F)F)c3)c2F)[C@@H]1C=C(Br)Br. The van der Waals surface area contributed by atoms with Crippen LogP contribution in [0.25, 0.3) is 11.1 Å². The topological polar surface area (TPSA) is 26.3 Å². The van der Waals surface area contributed by atoms with Crippen molar-refractivity contribution in [2.45, 2.75) is 26.6 Å². The summed E-state index contributed by atoms with van der Waals surface area (Å²) in [7, 11) is 0. The summed E-state index contributed by atoms with van der Waals surface area (Å²) in [4.78, 5) is 12.5. The molecule has 2 aromatic rings. The fourth-order valence-corrected chi connectivity index (χ4v) is 4.16. The first kappa shape index (κ1) is 23.0. The molecule has 0 unspecified atom stereocenters. The highest BCUT2D eigenvalue weighted by Crippen LogP contribution is 2.60. The monoisotopic (exact) mass is 548 g/mol. The van der Waals surface area contributed by atoms with Gasteiger partial charge in [0.1, 0.15) is 12.4 Å². The van der Waals surface area contributed by atoms with Gasteiger partial charge < -0.3 is 4.74 Å². The van der Waals surface area contributed by atoms with Gasteiger partial charge in [-0.05, 0) is 60.9 Å². The summed E-state index contributed by atoms with van der Waals surface area (Å²) in [6.45, 7) is 3.59. The van der Waals surface area contributed by atoms with E-state index in [1.807, 2.05) is 19.9 Å². The van der Waals surface area contributed by atoms with Gasteiger partial charge in [0.2, 0.25) is 0 Å². The summed E-state index contributed by atoms with van der Waals surface area (Å²) in [5.74, 6) is -1.51. The van der Waals surface area contributed by atoms with Gasteiger partial charge in [0.25, 0.3) is 0 Å². The number of halogens is 6. The minimum Gasteiger partial charge on any atom is -0.460 e. The van der Waals surface area contributed by atoms with E-state index in [-0.39, 0.29) is 40.5 Å². The van der Waals surface area contributed by atoms with Crippen LogP contribution in [0.1, 0.15) is 25.0 Å². The molecular formula is C22H18Br2F4O2. The number of carbonyl (C=O) groups is 1. The lowest BCUT2D eigenvalue weighted by atomic mass is 10.00. The van der Waals surface area contributed by atoms with Crippen LogP contribution in [-0.2, 0) is 22.3 Å². The first-order chi connectivity index (χ1) is 13.9. The molecule has 1 fully saturated rings. The van der Waals surface area contributed by atoms with Crippen molar-refractivity contribution in [2.75, 3.05) is 0 Å². The molecule has 0 aliphatic heterocycles. The van der Waals surface area contributed by atoms with Crippen molar-refractivity contribution in [2.24, 2.45) is 17.3 Å². The second-order valence-electron chi connectivity index (χ2n) is 7.75. The largest absolute Gasteiger partial charge is 0.460 e. The predicted octanol–water partition coefficient (Wildman–Crippen LogP) is 7.46. The van der Waals surface area contributed by atoms with E-state index in [1.165, 1.54) is 30.3 Å². The molecular weight excluding hydrogens is 532 g/mol. The molecule has 0 spiro atoms. The third-order valence-corrected chi connectivity index (χ3v) is 5.95. The zero-order valence-electron chi connectivity index (χ0n) is 16.1. The Balaban J connectivity index is 1.77. The van der Waals surface area contributed by atoms with E-state index in [9.17, 15) is 22.4 Å². The van der Waals surface area contributed by atoms with E-state index in [1.54, 1.807) is 0 Å². The number of alkyl halides is 3. The van der Waals surface area contributed by atoms with Gasteiger partial charge in [0.05, 0.1) is 14.9 Å². The Morgan fingerprint density at radius 1 is 1.17 bits per heavy atom. The van der Waals surface area contributed by atoms with Crippen LogP contribution >= 0.6 is 31.9 Å². The average molecular weight is 550 g/mol. The first-order valence-corrected chi connectivity index (χ1v) is 10.7. The second-order valence-corrected chi connectivity index (χ2v) is 10.5. The van der Waals surface area contributed by atoms with Gasteiger partial charge in [-0.3, -0.25) is 4.79 Å². The van der Waals surface area contributed by atoms with E-state index in [4.69, 9.17) is 4.74 Å². The molecule has 1 aliphatic rings. The van der Waals surface area contributed by atoms with Crippen LogP contribution in [0.15, 0.2) is 51.9 Å². The van der Waals surface area contributed by atoms with Crippen molar-refractivity contribution < 1.29 is 27.1 Å². The number of carbonyl (C=O) groups excluding carboxylic acids is 1. The maximum atomic E-state index is 15.0. The Hall–Kier alpha value is -1.67. The van der Waals surface area contributed by atoms with Gasteiger partial charge in [-0.2, -0.15) is 13.2 Å². The predicted molar refractivity (Wildman–Crippen MR) is 113 cm³/mol. The van der Waals surface area contributed by atoms with Crippen molar-refractivity contribution in [1.29, 1.82) is 0 Å². The average Bonchev–Trinajstić information content (AvgIpc) is 3.19. The van der Waals surface area contributed by atoms with Gasteiger partial charge in [0, 0.05) is 11.1 Å². The summed E-state index contributed by atoms with van der Waals surface area (Å²) in [6, 6.07) is 8.84. The molecule has 8 heteroatoms. The summed E-state index contributed by atoms with van der Waals surface area (Å²) < 4.78 is 59.9. The Morgan fingerprint density at radius 2 is 1.83 bits per heavy atom. The zero-order chi connectivity index (χ0) is 22.3.